The van der Waals surface area contributed by atoms with Crippen LogP contribution in [0.2, 0.25) is 0 Å². The van der Waals surface area contributed by atoms with Crippen molar-refractivity contribution in [1.82, 2.24) is 9.80 Å². The minimum atomic E-state index is -0.918. The molecular weight excluding hydrogens is 310 g/mol. The predicted molar refractivity (Wildman–Crippen MR) is 85.9 cm³/mol. The van der Waals surface area contributed by atoms with E-state index in [0.717, 1.165) is 0 Å². The SMILES string of the molecule is CC(=O)N1C/C=C\CN2C(=O)[C@H](Oc3ccccc3)[C@@H]2[C@H]1C(N)=O. The van der Waals surface area contributed by atoms with E-state index >= 15 is 0 Å². The summed E-state index contributed by atoms with van der Waals surface area (Å²) in [5, 5.41) is 0. The highest BCUT2D eigenvalue weighted by Crippen LogP contribution is 2.31. The molecule has 0 radical (unpaired) electrons. The van der Waals surface area contributed by atoms with Crippen LogP contribution in [0.5, 0.6) is 5.75 Å². The normalized spacial score (nSPS) is 27.4. The third-order valence-corrected chi connectivity index (χ3v) is 4.33. The second kappa shape index (κ2) is 6.35. The molecule has 24 heavy (non-hydrogen) atoms. The highest BCUT2D eigenvalue weighted by atomic mass is 16.5. The van der Waals surface area contributed by atoms with Crippen molar-refractivity contribution in [3.05, 3.63) is 42.5 Å². The maximum absolute atomic E-state index is 12.4. The zero-order valence-corrected chi connectivity index (χ0v) is 13.3. The maximum Gasteiger partial charge on any atom is 0.266 e. The molecule has 0 aromatic heterocycles. The smallest absolute Gasteiger partial charge is 0.266 e. The molecule has 2 aliphatic rings. The Morgan fingerprint density at radius 3 is 2.46 bits per heavy atom. The van der Waals surface area contributed by atoms with Crippen molar-refractivity contribution >= 4 is 17.7 Å². The lowest BCUT2D eigenvalue weighted by Gasteiger charge is -2.51. The van der Waals surface area contributed by atoms with Gasteiger partial charge in [0.15, 0.2) is 6.10 Å². The number of ether oxygens (including phenoxy) is 1. The quantitative estimate of drug-likeness (QED) is 0.620. The van der Waals surface area contributed by atoms with Crippen LogP contribution in [0.1, 0.15) is 6.92 Å². The number of rotatable bonds is 3. The lowest BCUT2D eigenvalue weighted by molar-refractivity contribution is -0.172. The summed E-state index contributed by atoms with van der Waals surface area (Å²) in [6, 6.07) is 7.39. The zero-order chi connectivity index (χ0) is 17.3. The lowest BCUT2D eigenvalue weighted by Crippen LogP contribution is -2.76. The largest absolute Gasteiger partial charge is 0.478 e. The number of benzene rings is 1. The van der Waals surface area contributed by atoms with Crippen molar-refractivity contribution in [1.29, 1.82) is 0 Å². The van der Waals surface area contributed by atoms with Crippen molar-refractivity contribution in [2.45, 2.75) is 25.1 Å². The van der Waals surface area contributed by atoms with Gasteiger partial charge >= 0.3 is 0 Å². The van der Waals surface area contributed by atoms with Gasteiger partial charge in [0.2, 0.25) is 11.8 Å². The number of carbonyl (C=O) groups excluding carboxylic acids is 3. The average molecular weight is 329 g/mol. The number of carbonyl (C=O) groups is 3. The van der Waals surface area contributed by atoms with Crippen molar-refractivity contribution in [2.75, 3.05) is 13.1 Å². The van der Waals surface area contributed by atoms with Gasteiger partial charge in [0.1, 0.15) is 17.8 Å². The van der Waals surface area contributed by atoms with Crippen LogP contribution >= 0.6 is 0 Å². The summed E-state index contributed by atoms with van der Waals surface area (Å²) in [4.78, 5) is 39.3. The molecule has 1 aromatic carbocycles. The summed E-state index contributed by atoms with van der Waals surface area (Å²) in [5.41, 5.74) is 5.55. The highest BCUT2D eigenvalue weighted by Gasteiger charge is 2.56. The Balaban J connectivity index is 1.92. The Morgan fingerprint density at radius 1 is 1.17 bits per heavy atom. The summed E-state index contributed by atoms with van der Waals surface area (Å²) in [6.07, 6.45) is 2.72. The van der Waals surface area contributed by atoms with Gasteiger partial charge in [-0.05, 0) is 12.1 Å². The van der Waals surface area contributed by atoms with Gasteiger partial charge in [-0.2, -0.15) is 0 Å². The average Bonchev–Trinajstić information content (AvgIpc) is 2.53. The topological polar surface area (TPSA) is 92.9 Å². The Morgan fingerprint density at radius 2 is 1.83 bits per heavy atom. The molecule has 3 amide bonds. The number of hydrogen-bond donors (Lipinski definition) is 1. The molecule has 1 aromatic rings. The highest BCUT2D eigenvalue weighted by molar-refractivity contribution is 5.95. The van der Waals surface area contributed by atoms with Crippen LogP contribution in [0.4, 0.5) is 0 Å². The molecule has 0 saturated carbocycles. The molecule has 7 nitrogen and oxygen atoms in total. The van der Waals surface area contributed by atoms with Crippen LogP contribution < -0.4 is 10.5 Å². The second-order valence-electron chi connectivity index (χ2n) is 5.82. The number of β-lactam (4-membered cyclic amide) rings is 1. The summed E-state index contributed by atoms with van der Waals surface area (Å²) in [7, 11) is 0. The third kappa shape index (κ3) is 2.73. The van der Waals surface area contributed by atoms with Gasteiger partial charge < -0.3 is 20.3 Å². The van der Waals surface area contributed by atoms with Crippen molar-refractivity contribution < 1.29 is 19.1 Å². The zero-order valence-electron chi connectivity index (χ0n) is 13.3. The van der Waals surface area contributed by atoms with E-state index in [4.69, 9.17) is 10.5 Å². The molecule has 3 atom stereocenters. The van der Waals surface area contributed by atoms with Crippen LogP contribution in [0.15, 0.2) is 42.5 Å². The van der Waals surface area contributed by atoms with Crippen LogP contribution in [-0.2, 0) is 14.4 Å². The van der Waals surface area contributed by atoms with Crippen molar-refractivity contribution in [3.63, 3.8) is 0 Å². The van der Waals surface area contributed by atoms with E-state index in [2.05, 4.69) is 0 Å². The standard InChI is InChI=1S/C17H19N3O4/c1-11(21)19-9-5-6-10-20-13(14(19)16(18)22)15(17(20)23)24-12-7-3-2-4-8-12/h2-8,13-15H,9-10H2,1H3,(H2,18,22)/b6-5-/t13-,14-,15+/m0/s1. The van der Waals surface area contributed by atoms with E-state index in [9.17, 15) is 14.4 Å². The fourth-order valence-corrected chi connectivity index (χ4v) is 3.17. The molecule has 1 saturated heterocycles. The van der Waals surface area contributed by atoms with Gasteiger partial charge in [-0.25, -0.2) is 0 Å². The van der Waals surface area contributed by atoms with E-state index in [-0.39, 0.29) is 18.4 Å². The molecule has 1 fully saturated rings. The number of primary amides is 1. The fourth-order valence-electron chi connectivity index (χ4n) is 3.17. The first-order valence-corrected chi connectivity index (χ1v) is 7.74. The van der Waals surface area contributed by atoms with Gasteiger partial charge in [-0.15, -0.1) is 0 Å². The van der Waals surface area contributed by atoms with E-state index in [1.54, 1.807) is 36.4 Å². The van der Waals surface area contributed by atoms with E-state index in [1.807, 2.05) is 6.07 Å². The number of nitrogens with two attached hydrogens (primary N) is 1. The Hall–Kier alpha value is -2.83. The van der Waals surface area contributed by atoms with Gasteiger partial charge in [0.05, 0.1) is 0 Å². The minimum Gasteiger partial charge on any atom is -0.478 e. The molecule has 126 valence electrons. The van der Waals surface area contributed by atoms with Crippen LogP contribution in [0.3, 0.4) is 0 Å². The van der Waals surface area contributed by atoms with Gasteiger partial charge in [-0.3, -0.25) is 14.4 Å². The van der Waals surface area contributed by atoms with Crippen LogP contribution in [-0.4, -0.2) is 58.8 Å². The summed E-state index contributed by atoms with van der Waals surface area (Å²) < 4.78 is 5.78. The molecule has 2 aliphatic heterocycles. The summed E-state index contributed by atoms with van der Waals surface area (Å²) in [6.45, 7) is 2.02. The number of nitrogens with zero attached hydrogens (tertiary/aromatic N) is 2. The molecule has 0 unspecified atom stereocenters. The van der Waals surface area contributed by atoms with Gasteiger partial charge in [0, 0.05) is 20.0 Å². The number of fused-ring (bicyclic) bond motifs is 1. The number of amides is 3. The van der Waals surface area contributed by atoms with Crippen LogP contribution in [0, 0.1) is 0 Å². The maximum atomic E-state index is 12.4. The Kier molecular flexibility index (Phi) is 4.24. The second-order valence-corrected chi connectivity index (χ2v) is 5.82. The molecule has 0 spiro atoms. The van der Waals surface area contributed by atoms with Crippen molar-refractivity contribution in [3.8, 4) is 5.75 Å². The third-order valence-electron chi connectivity index (χ3n) is 4.33. The summed E-state index contributed by atoms with van der Waals surface area (Å²) in [5.74, 6) is -0.608. The number of para-hydroxylation sites is 1. The molecule has 0 aliphatic carbocycles. The first-order chi connectivity index (χ1) is 11.5. The molecule has 0 bridgehead atoms. The van der Waals surface area contributed by atoms with Gasteiger partial charge in [0.25, 0.3) is 5.91 Å². The van der Waals surface area contributed by atoms with E-state index < -0.39 is 24.1 Å². The predicted octanol–water partition coefficient (Wildman–Crippen LogP) is -0.0830. The number of hydrogen-bond acceptors (Lipinski definition) is 4. The van der Waals surface area contributed by atoms with E-state index in [0.29, 0.717) is 12.3 Å². The van der Waals surface area contributed by atoms with Crippen LogP contribution in [0.25, 0.3) is 0 Å². The summed E-state index contributed by atoms with van der Waals surface area (Å²) >= 11 is 0. The Bertz CT molecular complexity index is 688. The monoisotopic (exact) mass is 329 g/mol. The van der Waals surface area contributed by atoms with E-state index in [1.165, 1.54) is 16.7 Å². The van der Waals surface area contributed by atoms with Gasteiger partial charge in [-0.1, -0.05) is 30.4 Å². The molecule has 2 N–H and O–H groups in total. The molecular formula is C17H19N3O4. The first-order valence-electron chi connectivity index (χ1n) is 7.74. The molecule has 3 rings (SSSR count). The van der Waals surface area contributed by atoms with Crippen molar-refractivity contribution in [2.24, 2.45) is 5.73 Å². The fraction of sp³-hybridized carbons (Fsp3) is 0.353. The molecule has 2 heterocycles. The minimum absolute atomic E-state index is 0.217. The lowest BCUT2D eigenvalue weighted by atomic mass is 9.88. The molecule has 7 heteroatoms. The first kappa shape index (κ1) is 16.0. The Labute approximate surface area is 139 Å².